The molecule has 0 spiro atoms. The highest BCUT2D eigenvalue weighted by Gasteiger charge is 2.30. The van der Waals surface area contributed by atoms with Gasteiger partial charge in [-0.3, -0.25) is 4.79 Å². The molecule has 3 aromatic carbocycles. The summed E-state index contributed by atoms with van der Waals surface area (Å²) in [5, 5.41) is 0. The van der Waals surface area contributed by atoms with Gasteiger partial charge in [-0.1, -0.05) is 6.07 Å². The second kappa shape index (κ2) is 11.9. The number of methoxy groups -OCH3 is 7. The predicted octanol–water partition coefficient (Wildman–Crippen LogP) is 4.94. The summed E-state index contributed by atoms with van der Waals surface area (Å²) in [6.07, 6.45) is 2.57. The van der Waals surface area contributed by atoms with Crippen molar-refractivity contribution in [2.45, 2.75) is 6.42 Å². The maximum atomic E-state index is 14.1. The van der Waals surface area contributed by atoms with Gasteiger partial charge in [-0.05, 0) is 60.0 Å². The average Bonchev–Trinajstić information content (AvgIpc) is 2.98. The normalized spacial score (nSPS) is 13.4. The molecule has 1 aliphatic rings. The van der Waals surface area contributed by atoms with Crippen LogP contribution in [0.15, 0.2) is 42.5 Å². The molecule has 9 heteroatoms. The summed E-state index contributed by atoms with van der Waals surface area (Å²) in [5.74, 6) is 3.38. The highest BCUT2D eigenvalue weighted by atomic mass is 16.5. The number of hydrogen-bond donors (Lipinski definition) is 0. The maximum Gasteiger partial charge on any atom is 0.258 e. The van der Waals surface area contributed by atoms with Gasteiger partial charge in [0.15, 0.2) is 34.5 Å². The molecule has 0 unspecified atom stereocenters. The SMILES string of the molecule is COc1ccc(/C=C2/c3cc(OC)c(OC)cc3CCN2C(=O)c2cc(OC)c(OC)c(OC)c2)cc1OC. The van der Waals surface area contributed by atoms with Crippen molar-refractivity contribution in [3.05, 3.63) is 64.7 Å². The number of rotatable bonds is 9. The first-order valence-corrected chi connectivity index (χ1v) is 12.2. The van der Waals surface area contributed by atoms with Crippen molar-refractivity contribution in [3.8, 4) is 40.2 Å². The van der Waals surface area contributed by atoms with Crippen molar-refractivity contribution in [3.63, 3.8) is 0 Å². The van der Waals surface area contributed by atoms with Crippen molar-refractivity contribution < 1.29 is 38.0 Å². The van der Waals surface area contributed by atoms with Gasteiger partial charge in [-0.25, -0.2) is 0 Å². The van der Waals surface area contributed by atoms with Gasteiger partial charge < -0.3 is 38.1 Å². The summed E-state index contributed by atoms with van der Waals surface area (Å²) in [6.45, 7) is 0.442. The van der Waals surface area contributed by atoms with E-state index in [9.17, 15) is 4.79 Å². The van der Waals surface area contributed by atoms with Gasteiger partial charge >= 0.3 is 0 Å². The van der Waals surface area contributed by atoms with Gasteiger partial charge in [0.25, 0.3) is 5.91 Å². The molecule has 0 N–H and O–H groups in total. The fourth-order valence-corrected chi connectivity index (χ4v) is 4.69. The number of fused-ring (bicyclic) bond motifs is 1. The zero-order valence-electron chi connectivity index (χ0n) is 23.2. The summed E-state index contributed by atoms with van der Waals surface area (Å²) in [4.78, 5) is 15.8. The largest absolute Gasteiger partial charge is 0.493 e. The Bertz CT molecular complexity index is 1370. The minimum Gasteiger partial charge on any atom is -0.493 e. The van der Waals surface area contributed by atoms with E-state index in [1.807, 2.05) is 36.4 Å². The van der Waals surface area contributed by atoms with Gasteiger partial charge in [0.1, 0.15) is 0 Å². The molecule has 0 aliphatic carbocycles. The quantitative estimate of drug-likeness (QED) is 0.381. The topological polar surface area (TPSA) is 84.9 Å². The molecule has 9 nitrogen and oxygen atoms in total. The monoisotopic (exact) mass is 535 g/mol. The van der Waals surface area contributed by atoms with Gasteiger partial charge in [-0.2, -0.15) is 0 Å². The number of nitrogens with zero attached hydrogens (tertiary/aromatic N) is 1. The molecule has 1 amide bonds. The second-order valence-corrected chi connectivity index (χ2v) is 8.63. The number of amides is 1. The van der Waals surface area contributed by atoms with Crippen LogP contribution in [-0.4, -0.2) is 67.1 Å². The Morgan fingerprint density at radius 3 is 1.79 bits per heavy atom. The van der Waals surface area contributed by atoms with E-state index in [2.05, 4.69) is 0 Å². The van der Waals surface area contributed by atoms with E-state index in [0.717, 1.165) is 16.7 Å². The number of carbonyl (C=O) groups excluding carboxylic acids is 1. The van der Waals surface area contributed by atoms with Crippen LogP contribution >= 0.6 is 0 Å². The first-order valence-electron chi connectivity index (χ1n) is 12.2. The van der Waals surface area contributed by atoms with E-state index >= 15 is 0 Å². The van der Waals surface area contributed by atoms with Gasteiger partial charge in [0, 0.05) is 17.7 Å². The fraction of sp³-hybridized carbons (Fsp3) is 0.300. The summed E-state index contributed by atoms with van der Waals surface area (Å²) in [6, 6.07) is 12.8. The minimum absolute atomic E-state index is 0.221. The van der Waals surface area contributed by atoms with Gasteiger partial charge in [-0.15, -0.1) is 0 Å². The molecule has 0 saturated heterocycles. The van der Waals surface area contributed by atoms with E-state index in [1.165, 1.54) is 21.3 Å². The number of hydrogen-bond acceptors (Lipinski definition) is 8. The highest BCUT2D eigenvalue weighted by molar-refractivity contribution is 6.03. The smallest absolute Gasteiger partial charge is 0.258 e. The lowest BCUT2D eigenvalue weighted by molar-refractivity contribution is 0.0833. The van der Waals surface area contributed by atoms with Crippen LogP contribution in [0.5, 0.6) is 40.2 Å². The van der Waals surface area contributed by atoms with E-state index in [4.69, 9.17) is 33.2 Å². The van der Waals surface area contributed by atoms with Crippen molar-refractivity contribution >= 4 is 17.7 Å². The van der Waals surface area contributed by atoms with Crippen LogP contribution < -0.4 is 33.2 Å². The third-order valence-corrected chi connectivity index (χ3v) is 6.65. The summed E-state index contributed by atoms with van der Waals surface area (Å²) in [7, 11) is 10.9. The molecule has 0 bridgehead atoms. The molecule has 4 rings (SSSR count). The van der Waals surface area contributed by atoms with Gasteiger partial charge in [0.2, 0.25) is 5.75 Å². The van der Waals surface area contributed by atoms with E-state index in [1.54, 1.807) is 45.5 Å². The molecule has 1 heterocycles. The molecular weight excluding hydrogens is 502 g/mol. The number of carbonyl (C=O) groups is 1. The van der Waals surface area contributed by atoms with E-state index in [0.29, 0.717) is 64.5 Å². The zero-order chi connectivity index (χ0) is 28.1. The van der Waals surface area contributed by atoms with Gasteiger partial charge in [0.05, 0.1) is 55.5 Å². The van der Waals surface area contributed by atoms with Crippen LogP contribution in [0.25, 0.3) is 11.8 Å². The summed E-state index contributed by atoms with van der Waals surface area (Å²) in [5.41, 5.74) is 3.81. The number of benzene rings is 3. The first-order chi connectivity index (χ1) is 18.9. The standard InChI is InChI=1S/C30H33NO8/c1-33-23-9-8-18(13-24(23)34-2)12-22-21-17-26(36-4)25(35-3)14-19(21)10-11-31(22)30(32)20-15-27(37-5)29(39-7)28(16-20)38-6/h8-9,12-17H,10-11H2,1-7H3/b22-12-. The Kier molecular flexibility index (Phi) is 8.39. The molecular formula is C30H33NO8. The molecule has 1 aliphatic heterocycles. The Hall–Kier alpha value is -4.53. The molecule has 0 atom stereocenters. The maximum absolute atomic E-state index is 14.1. The van der Waals surface area contributed by atoms with Crippen LogP contribution in [0.3, 0.4) is 0 Å². The zero-order valence-corrected chi connectivity index (χ0v) is 23.2. The van der Waals surface area contributed by atoms with Crippen LogP contribution in [0.4, 0.5) is 0 Å². The Labute approximate surface area is 228 Å². The van der Waals surface area contributed by atoms with Crippen molar-refractivity contribution in [1.29, 1.82) is 0 Å². The summed E-state index contributed by atoms with van der Waals surface area (Å²) < 4.78 is 38.5. The van der Waals surface area contributed by atoms with Crippen molar-refractivity contribution in [1.82, 2.24) is 4.90 Å². The average molecular weight is 536 g/mol. The molecule has 0 aromatic heterocycles. The van der Waals surface area contributed by atoms with E-state index < -0.39 is 0 Å². The predicted molar refractivity (Wildman–Crippen MR) is 148 cm³/mol. The Morgan fingerprint density at radius 2 is 1.23 bits per heavy atom. The molecule has 0 saturated carbocycles. The Morgan fingerprint density at radius 1 is 0.667 bits per heavy atom. The number of ether oxygens (including phenoxy) is 7. The summed E-state index contributed by atoms with van der Waals surface area (Å²) >= 11 is 0. The molecule has 0 fully saturated rings. The van der Waals surface area contributed by atoms with Crippen LogP contribution in [-0.2, 0) is 6.42 Å². The van der Waals surface area contributed by atoms with Crippen molar-refractivity contribution in [2.24, 2.45) is 0 Å². The van der Waals surface area contributed by atoms with Crippen LogP contribution in [0.1, 0.15) is 27.0 Å². The third-order valence-electron chi connectivity index (χ3n) is 6.65. The van der Waals surface area contributed by atoms with E-state index in [-0.39, 0.29) is 5.91 Å². The molecule has 3 aromatic rings. The molecule has 0 radical (unpaired) electrons. The minimum atomic E-state index is -0.221. The fourth-order valence-electron chi connectivity index (χ4n) is 4.69. The van der Waals surface area contributed by atoms with Crippen molar-refractivity contribution in [2.75, 3.05) is 56.3 Å². The Balaban J connectivity index is 1.89. The highest BCUT2D eigenvalue weighted by Crippen LogP contribution is 2.42. The van der Waals surface area contributed by atoms with Crippen LogP contribution in [0.2, 0.25) is 0 Å². The van der Waals surface area contributed by atoms with Crippen LogP contribution in [0, 0.1) is 0 Å². The third kappa shape index (κ3) is 5.25. The second-order valence-electron chi connectivity index (χ2n) is 8.63. The lowest BCUT2D eigenvalue weighted by Crippen LogP contribution is -2.35. The molecule has 39 heavy (non-hydrogen) atoms. The lowest BCUT2D eigenvalue weighted by atomic mass is 9.93. The lowest BCUT2D eigenvalue weighted by Gasteiger charge is -2.33. The molecule has 206 valence electrons. The first kappa shape index (κ1) is 27.5.